The molecule has 2 aromatic carbocycles. The van der Waals surface area contributed by atoms with Crippen LogP contribution in [0.5, 0.6) is 0 Å². The minimum atomic E-state index is -0.344. The molecule has 1 N–H and O–H groups in total. The summed E-state index contributed by atoms with van der Waals surface area (Å²) in [5, 5.41) is 2.94. The van der Waals surface area contributed by atoms with Gasteiger partial charge in [0.2, 0.25) is 0 Å². The number of nitrogens with zero attached hydrogens (tertiary/aromatic N) is 1. The summed E-state index contributed by atoms with van der Waals surface area (Å²) in [5.74, 6) is -0.590. The quantitative estimate of drug-likeness (QED) is 0.863. The predicted octanol–water partition coefficient (Wildman–Crippen LogP) is 3.70. The van der Waals surface area contributed by atoms with Crippen LogP contribution in [0.4, 0.5) is 15.8 Å². The molecule has 25 heavy (non-hydrogen) atoms. The van der Waals surface area contributed by atoms with Crippen molar-refractivity contribution < 1.29 is 13.9 Å². The van der Waals surface area contributed by atoms with E-state index in [0.29, 0.717) is 24.4 Å². The Morgan fingerprint density at radius 2 is 1.80 bits per heavy atom. The van der Waals surface area contributed by atoms with E-state index in [9.17, 15) is 9.18 Å². The van der Waals surface area contributed by atoms with Crippen LogP contribution in [-0.2, 0) is 9.53 Å². The van der Waals surface area contributed by atoms with Crippen LogP contribution in [0.25, 0.3) is 6.08 Å². The van der Waals surface area contributed by atoms with Gasteiger partial charge in [-0.3, -0.25) is 4.79 Å². The lowest BCUT2D eigenvalue weighted by Gasteiger charge is -2.30. The summed E-state index contributed by atoms with van der Waals surface area (Å²) in [5.41, 5.74) is 2.56. The van der Waals surface area contributed by atoms with Gasteiger partial charge in [0.15, 0.2) is 0 Å². The number of halogens is 1. The molecule has 1 saturated heterocycles. The third-order valence-electron chi connectivity index (χ3n) is 4.14. The third-order valence-corrected chi connectivity index (χ3v) is 4.14. The van der Waals surface area contributed by atoms with Gasteiger partial charge >= 0.3 is 0 Å². The van der Waals surface area contributed by atoms with E-state index in [1.165, 1.54) is 6.07 Å². The van der Waals surface area contributed by atoms with E-state index in [1.54, 1.807) is 31.2 Å². The number of carbonyl (C=O) groups excluding carboxylic acids is 1. The molecule has 1 fully saturated rings. The van der Waals surface area contributed by atoms with E-state index in [-0.39, 0.29) is 11.7 Å². The Labute approximate surface area is 146 Å². The van der Waals surface area contributed by atoms with Crippen LogP contribution in [0.1, 0.15) is 12.5 Å². The van der Waals surface area contributed by atoms with Gasteiger partial charge in [-0.2, -0.15) is 0 Å². The number of benzene rings is 2. The molecule has 1 heterocycles. The molecule has 3 rings (SSSR count). The largest absolute Gasteiger partial charge is 0.378 e. The number of rotatable bonds is 4. The standard InChI is InChI=1S/C20H21FN2O2/c1-15(14-16-6-2-3-7-17(16)21)20(24)22-18-8-4-5-9-19(18)23-10-12-25-13-11-23/h2-9,14H,10-13H2,1H3,(H,22,24)/b15-14+. The number of anilines is 2. The van der Waals surface area contributed by atoms with Crippen molar-refractivity contribution in [2.75, 3.05) is 36.5 Å². The SMILES string of the molecule is C/C(=C\c1ccccc1F)C(=O)Nc1ccccc1N1CCOCC1. The first-order valence-corrected chi connectivity index (χ1v) is 8.31. The van der Waals surface area contributed by atoms with Gasteiger partial charge < -0.3 is 15.0 Å². The molecule has 0 radical (unpaired) electrons. The second kappa shape index (κ2) is 7.94. The van der Waals surface area contributed by atoms with E-state index >= 15 is 0 Å². The number of nitrogens with one attached hydrogen (secondary N) is 1. The fourth-order valence-electron chi connectivity index (χ4n) is 2.77. The van der Waals surface area contributed by atoms with Crippen LogP contribution in [0.3, 0.4) is 0 Å². The number of ether oxygens (including phenoxy) is 1. The van der Waals surface area contributed by atoms with Crippen molar-refractivity contribution >= 4 is 23.4 Å². The lowest BCUT2D eigenvalue weighted by Crippen LogP contribution is -2.36. The molecule has 1 aliphatic heterocycles. The maximum absolute atomic E-state index is 13.8. The molecule has 130 valence electrons. The van der Waals surface area contributed by atoms with Crippen molar-refractivity contribution in [3.05, 3.63) is 65.5 Å². The van der Waals surface area contributed by atoms with E-state index in [2.05, 4.69) is 10.2 Å². The number of amides is 1. The highest BCUT2D eigenvalue weighted by Gasteiger charge is 2.16. The highest BCUT2D eigenvalue weighted by molar-refractivity contribution is 6.07. The average Bonchev–Trinajstić information content (AvgIpc) is 2.64. The summed E-state index contributed by atoms with van der Waals surface area (Å²) < 4.78 is 19.1. The van der Waals surface area contributed by atoms with Crippen LogP contribution in [0.15, 0.2) is 54.1 Å². The van der Waals surface area contributed by atoms with Crippen LogP contribution >= 0.6 is 0 Å². The Kier molecular flexibility index (Phi) is 5.46. The maximum Gasteiger partial charge on any atom is 0.251 e. The fraction of sp³-hybridized carbons (Fsp3) is 0.250. The van der Waals surface area contributed by atoms with Crippen molar-refractivity contribution in [2.45, 2.75) is 6.92 Å². The Bertz CT molecular complexity index is 783. The Balaban J connectivity index is 1.78. The molecule has 0 atom stereocenters. The van der Waals surface area contributed by atoms with Crippen molar-refractivity contribution in [1.29, 1.82) is 0 Å². The molecule has 0 spiro atoms. The van der Waals surface area contributed by atoms with Crippen LogP contribution < -0.4 is 10.2 Å². The van der Waals surface area contributed by atoms with Gasteiger partial charge in [-0.1, -0.05) is 30.3 Å². The Morgan fingerprint density at radius 3 is 2.56 bits per heavy atom. The second-order valence-corrected chi connectivity index (χ2v) is 5.92. The minimum Gasteiger partial charge on any atom is -0.378 e. The average molecular weight is 340 g/mol. The number of hydrogen-bond acceptors (Lipinski definition) is 3. The highest BCUT2D eigenvalue weighted by Crippen LogP contribution is 2.27. The van der Waals surface area contributed by atoms with Gasteiger partial charge in [-0.15, -0.1) is 0 Å². The van der Waals surface area contributed by atoms with Gasteiger partial charge in [0.1, 0.15) is 5.82 Å². The molecule has 1 aliphatic rings. The summed E-state index contributed by atoms with van der Waals surface area (Å²) in [6.07, 6.45) is 1.56. The van der Waals surface area contributed by atoms with Crippen LogP contribution in [-0.4, -0.2) is 32.2 Å². The molecule has 0 saturated carbocycles. The van der Waals surface area contributed by atoms with Crippen molar-refractivity contribution in [3.63, 3.8) is 0 Å². The minimum absolute atomic E-state index is 0.246. The molecule has 4 nitrogen and oxygen atoms in total. The zero-order chi connectivity index (χ0) is 17.6. The second-order valence-electron chi connectivity index (χ2n) is 5.92. The molecule has 0 aliphatic carbocycles. The van der Waals surface area contributed by atoms with Gasteiger partial charge in [-0.05, 0) is 31.2 Å². The predicted molar refractivity (Wildman–Crippen MR) is 98.2 cm³/mol. The molecule has 0 aromatic heterocycles. The molecular formula is C20H21FN2O2. The number of morpholine rings is 1. The van der Waals surface area contributed by atoms with Crippen molar-refractivity contribution in [3.8, 4) is 0 Å². The monoisotopic (exact) mass is 340 g/mol. The first kappa shape index (κ1) is 17.2. The molecule has 0 bridgehead atoms. The smallest absolute Gasteiger partial charge is 0.251 e. The summed E-state index contributed by atoms with van der Waals surface area (Å²) in [6, 6.07) is 14.1. The Hall–Kier alpha value is -2.66. The van der Waals surface area contributed by atoms with Gasteiger partial charge in [0.25, 0.3) is 5.91 Å². The van der Waals surface area contributed by atoms with Gasteiger partial charge in [0, 0.05) is 24.2 Å². The first-order chi connectivity index (χ1) is 12.1. The molecular weight excluding hydrogens is 319 g/mol. The summed E-state index contributed by atoms with van der Waals surface area (Å²) in [4.78, 5) is 14.7. The first-order valence-electron chi connectivity index (χ1n) is 8.31. The highest BCUT2D eigenvalue weighted by atomic mass is 19.1. The zero-order valence-corrected chi connectivity index (χ0v) is 14.2. The number of para-hydroxylation sites is 2. The number of carbonyl (C=O) groups is 1. The van der Waals surface area contributed by atoms with E-state index in [0.717, 1.165) is 24.5 Å². The van der Waals surface area contributed by atoms with E-state index in [1.807, 2.05) is 24.3 Å². The zero-order valence-electron chi connectivity index (χ0n) is 14.2. The van der Waals surface area contributed by atoms with Crippen LogP contribution in [0.2, 0.25) is 0 Å². The lowest BCUT2D eigenvalue weighted by atomic mass is 10.1. The summed E-state index contributed by atoms with van der Waals surface area (Å²) in [7, 11) is 0. The van der Waals surface area contributed by atoms with Crippen molar-refractivity contribution in [1.82, 2.24) is 0 Å². The maximum atomic E-state index is 13.8. The van der Waals surface area contributed by atoms with Gasteiger partial charge in [0.05, 0.1) is 24.6 Å². The lowest BCUT2D eigenvalue weighted by molar-refractivity contribution is -0.112. The molecule has 1 amide bonds. The normalized spacial score (nSPS) is 15.1. The van der Waals surface area contributed by atoms with Crippen molar-refractivity contribution in [2.24, 2.45) is 0 Å². The van der Waals surface area contributed by atoms with Gasteiger partial charge in [-0.25, -0.2) is 4.39 Å². The van der Waals surface area contributed by atoms with E-state index in [4.69, 9.17) is 4.74 Å². The molecule has 5 heteroatoms. The fourth-order valence-corrected chi connectivity index (χ4v) is 2.77. The molecule has 2 aromatic rings. The summed E-state index contributed by atoms with van der Waals surface area (Å²) in [6.45, 7) is 4.61. The van der Waals surface area contributed by atoms with Crippen LogP contribution in [0, 0.1) is 5.82 Å². The topological polar surface area (TPSA) is 41.6 Å². The Morgan fingerprint density at radius 1 is 1.12 bits per heavy atom. The number of hydrogen-bond donors (Lipinski definition) is 1. The summed E-state index contributed by atoms with van der Waals surface area (Å²) >= 11 is 0. The molecule has 0 unspecified atom stereocenters. The van der Waals surface area contributed by atoms with E-state index < -0.39 is 0 Å². The third kappa shape index (κ3) is 4.25.